The summed E-state index contributed by atoms with van der Waals surface area (Å²) in [4.78, 5) is 0. The number of phenols is 1. The highest BCUT2D eigenvalue weighted by Crippen LogP contribution is 2.42. The molecule has 0 aliphatic carbocycles. The summed E-state index contributed by atoms with van der Waals surface area (Å²) in [5, 5.41) is 18.0. The SMILES string of the molecule is CC(C)(CO)c1cc(Cl)c(O)c(C(F)(F)F)c1. The highest BCUT2D eigenvalue weighted by molar-refractivity contribution is 6.32. The van der Waals surface area contributed by atoms with Crippen LogP contribution in [0, 0.1) is 0 Å². The first-order chi connectivity index (χ1) is 7.59. The zero-order chi connectivity index (χ0) is 13.4. The van der Waals surface area contributed by atoms with E-state index in [1.807, 2.05) is 0 Å². The van der Waals surface area contributed by atoms with Gasteiger partial charge in [-0.2, -0.15) is 13.2 Å². The van der Waals surface area contributed by atoms with Gasteiger partial charge in [-0.15, -0.1) is 0 Å². The van der Waals surface area contributed by atoms with Gasteiger partial charge in [-0.1, -0.05) is 25.4 Å². The lowest BCUT2D eigenvalue weighted by Crippen LogP contribution is -2.23. The van der Waals surface area contributed by atoms with Crippen LogP contribution in [-0.2, 0) is 11.6 Å². The number of benzene rings is 1. The number of hydrogen-bond donors (Lipinski definition) is 2. The number of rotatable bonds is 2. The molecule has 0 saturated carbocycles. The summed E-state index contributed by atoms with van der Waals surface area (Å²) in [5.41, 5.74) is -1.84. The summed E-state index contributed by atoms with van der Waals surface area (Å²) < 4.78 is 37.9. The summed E-state index contributed by atoms with van der Waals surface area (Å²) in [7, 11) is 0. The van der Waals surface area contributed by atoms with Crippen LogP contribution in [0.3, 0.4) is 0 Å². The minimum atomic E-state index is -4.69. The van der Waals surface area contributed by atoms with E-state index in [0.717, 1.165) is 6.07 Å². The number of aromatic hydroxyl groups is 1. The fourth-order valence-electron chi connectivity index (χ4n) is 1.30. The van der Waals surface area contributed by atoms with Gasteiger partial charge in [-0.3, -0.25) is 0 Å². The molecule has 0 aliphatic rings. The molecule has 0 aromatic heterocycles. The zero-order valence-corrected chi connectivity index (χ0v) is 10.0. The van der Waals surface area contributed by atoms with E-state index >= 15 is 0 Å². The fraction of sp³-hybridized carbons (Fsp3) is 0.455. The van der Waals surface area contributed by atoms with Gasteiger partial charge in [-0.25, -0.2) is 0 Å². The largest absolute Gasteiger partial charge is 0.506 e. The average Bonchev–Trinajstić information content (AvgIpc) is 2.19. The normalized spacial score (nSPS) is 12.9. The molecule has 0 aliphatic heterocycles. The highest BCUT2D eigenvalue weighted by Gasteiger charge is 2.36. The van der Waals surface area contributed by atoms with Gasteiger partial charge in [0, 0.05) is 5.41 Å². The molecule has 2 N–H and O–H groups in total. The van der Waals surface area contributed by atoms with E-state index in [9.17, 15) is 18.3 Å². The Labute approximate surface area is 102 Å². The average molecular weight is 269 g/mol. The Bertz CT molecular complexity index is 427. The lowest BCUT2D eigenvalue weighted by atomic mass is 9.84. The maximum atomic E-state index is 12.6. The van der Waals surface area contributed by atoms with Crippen molar-refractivity contribution in [1.82, 2.24) is 0 Å². The monoisotopic (exact) mass is 268 g/mol. The van der Waals surface area contributed by atoms with Gasteiger partial charge in [0.25, 0.3) is 0 Å². The molecular weight excluding hydrogens is 257 g/mol. The van der Waals surface area contributed by atoms with Crippen LogP contribution >= 0.6 is 11.6 Å². The summed E-state index contributed by atoms with van der Waals surface area (Å²) in [6, 6.07) is 2.03. The van der Waals surface area contributed by atoms with Gasteiger partial charge in [0.2, 0.25) is 0 Å². The molecule has 1 aromatic carbocycles. The third-order valence-electron chi connectivity index (χ3n) is 2.55. The number of aliphatic hydroxyl groups excluding tert-OH is 1. The van der Waals surface area contributed by atoms with Crippen LogP contribution in [-0.4, -0.2) is 16.8 Å². The van der Waals surface area contributed by atoms with Crippen LogP contribution in [0.1, 0.15) is 25.0 Å². The van der Waals surface area contributed by atoms with E-state index < -0.39 is 22.9 Å². The van der Waals surface area contributed by atoms with Crippen LogP contribution in [0.15, 0.2) is 12.1 Å². The van der Waals surface area contributed by atoms with E-state index in [0.29, 0.717) is 0 Å². The van der Waals surface area contributed by atoms with Crippen molar-refractivity contribution in [3.8, 4) is 5.75 Å². The maximum absolute atomic E-state index is 12.6. The second kappa shape index (κ2) is 4.38. The van der Waals surface area contributed by atoms with Crippen LogP contribution in [0.5, 0.6) is 5.75 Å². The Balaban J connectivity index is 3.45. The Morgan fingerprint density at radius 1 is 1.24 bits per heavy atom. The van der Waals surface area contributed by atoms with Gasteiger partial charge in [-0.05, 0) is 17.7 Å². The van der Waals surface area contributed by atoms with Crippen molar-refractivity contribution in [3.63, 3.8) is 0 Å². The molecule has 0 amide bonds. The minimum Gasteiger partial charge on any atom is -0.506 e. The third-order valence-corrected chi connectivity index (χ3v) is 2.83. The lowest BCUT2D eigenvalue weighted by molar-refractivity contribution is -0.138. The first-order valence-corrected chi connectivity index (χ1v) is 5.18. The number of halogens is 4. The standard InChI is InChI=1S/C11H12ClF3O2/c1-10(2,5-16)6-3-7(11(13,14)15)9(17)8(12)4-6/h3-4,16-17H,5H2,1-2H3. The van der Waals surface area contributed by atoms with Crippen molar-refractivity contribution in [1.29, 1.82) is 0 Å². The molecule has 0 unspecified atom stereocenters. The van der Waals surface area contributed by atoms with E-state index in [4.69, 9.17) is 16.7 Å². The third kappa shape index (κ3) is 2.84. The van der Waals surface area contributed by atoms with Crippen LogP contribution < -0.4 is 0 Å². The molecule has 1 aromatic rings. The summed E-state index contributed by atoms with van der Waals surface area (Å²) in [5.74, 6) is -0.989. The molecule has 0 bridgehead atoms. The van der Waals surface area contributed by atoms with Crippen molar-refractivity contribution in [2.45, 2.75) is 25.4 Å². The Kier molecular flexibility index (Phi) is 3.64. The first-order valence-electron chi connectivity index (χ1n) is 4.80. The Morgan fingerprint density at radius 3 is 2.18 bits per heavy atom. The van der Waals surface area contributed by atoms with Crippen molar-refractivity contribution < 1.29 is 23.4 Å². The van der Waals surface area contributed by atoms with E-state index in [2.05, 4.69) is 0 Å². The molecule has 0 heterocycles. The zero-order valence-electron chi connectivity index (χ0n) is 9.27. The van der Waals surface area contributed by atoms with Gasteiger partial charge in [0.15, 0.2) is 0 Å². The number of hydrogen-bond acceptors (Lipinski definition) is 2. The molecule has 0 saturated heterocycles. The maximum Gasteiger partial charge on any atom is 0.420 e. The Morgan fingerprint density at radius 2 is 1.76 bits per heavy atom. The van der Waals surface area contributed by atoms with E-state index in [1.54, 1.807) is 13.8 Å². The quantitative estimate of drug-likeness (QED) is 0.864. The topological polar surface area (TPSA) is 40.5 Å². The van der Waals surface area contributed by atoms with E-state index in [1.165, 1.54) is 6.07 Å². The molecular formula is C11H12ClF3O2. The molecule has 96 valence electrons. The summed E-state index contributed by atoms with van der Waals surface area (Å²) >= 11 is 5.56. The second-order valence-electron chi connectivity index (χ2n) is 4.39. The van der Waals surface area contributed by atoms with Gasteiger partial charge >= 0.3 is 6.18 Å². The van der Waals surface area contributed by atoms with Crippen molar-refractivity contribution >= 4 is 11.6 Å². The number of aliphatic hydroxyl groups is 1. The predicted octanol–water partition coefficient (Wildman–Crippen LogP) is 3.33. The molecule has 1 rings (SSSR count). The summed E-state index contributed by atoms with van der Waals surface area (Å²) in [6.07, 6.45) is -4.69. The van der Waals surface area contributed by atoms with Gasteiger partial charge in [0.1, 0.15) is 5.75 Å². The predicted molar refractivity (Wildman–Crippen MR) is 58.2 cm³/mol. The smallest absolute Gasteiger partial charge is 0.420 e. The second-order valence-corrected chi connectivity index (χ2v) is 4.80. The van der Waals surface area contributed by atoms with Gasteiger partial charge < -0.3 is 10.2 Å². The number of alkyl halides is 3. The minimum absolute atomic E-state index is 0.218. The highest BCUT2D eigenvalue weighted by atomic mass is 35.5. The van der Waals surface area contributed by atoms with Gasteiger partial charge in [0.05, 0.1) is 17.2 Å². The number of phenolic OH excluding ortho intramolecular Hbond substituents is 1. The first kappa shape index (κ1) is 14.1. The molecule has 0 fully saturated rings. The molecule has 6 heteroatoms. The molecule has 17 heavy (non-hydrogen) atoms. The molecule has 0 atom stereocenters. The Hall–Kier alpha value is -0.940. The molecule has 0 radical (unpaired) electrons. The fourth-order valence-corrected chi connectivity index (χ4v) is 1.52. The van der Waals surface area contributed by atoms with Crippen molar-refractivity contribution in [3.05, 3.63) is 28.3 Å². The van der Waals surface area contributed by atoms with Crippen molar-refractivity contribution in [2.24, 2.45) is 0 Å². The lowest BCUT2D eigenvalue weighted by Gasteiger charge is -2.24. The summed E-state index contributed by atoms with van der Waals surface area (Å²) in [6.45, 7) is 2.83. The van der Waals surface area contributed by atoms with Crippen molar-refractivity contribution in [2.75, 3.05) is 6.61 Å². The molecule has 2 nitrogen and oxygen atoms in total. The van der Waals surface area contributed by atoms with Crippen LogP contribution in [0.2, 0.25) is 5.02 Å². The van der Waals surface area contributed by atoms with Crippen LogP contribution in [0.25, 0.3) is 0 Å². The molecule has 0 spiro atoms. The van der Waals surface area contributed by atoms with Crippen LogP contribution in [0.4, 0.5) is 13.2 Å². The van der Waals surface area contributed by atoms with E-state index in [-0.39, 0.29) is 17.2 Å².